The second-order valence-corrected chi connectivity index (χ2v) is 9.11. The summed E-state index contributed by atoms with van der Waals surface area (Å²) in [7, 11) is -1.14. The molecule has 27 heavy (non-hydrogen) atoms. The first-order valence-corrected chi connectivity index (χ1v) is 11.7. The molecule has 6 heteroatoms. The predicted octanol–water partition coefficient (Wildman–Crippen LogP) is 4.72. The number of allylic oxidation sites excluding steroid dienone is 1. The summed E-state index contributed by atoms with van der Waals surface area (Å²) < 4.78 is 14.1. The number of thioether (sulfide) groups is 1. The van der Waals surface area contributed by atoms with E-state index in [2.05, 4.69) is 40.5 Å². The van der Waals surface area contributed by atoms with Crippen LogP contribution >= 0.6 is 11.8 Å². The van der Waals surface area contributed by atoms with Gasteiger partial charge in [0.2, 0.25) is 0 Å². The molecule has 1 atom stereocenters. The second-order valence-electron chi connectivity index (χ2n) is 6.68. The third-order valence-electron chi connectivity index (χ3n) is 4.99. The van der Waals surface area contributed by atoms with Crippen molar-refractivity contribution in [3.8, 4) is 0 Å². The van der Waals surface area contributed by atoms with E-state index in [9.17, 15) is 4.21 Å². The number of aromatic amines is 1. The highest BCUT2D eigenvalue weighted by Gasteiger charge is 2.35. The molecule has 2 aliphatic rings. The number of hydrogen-bond donors (Lipinski definition) is 1. The van der Waals surface area contributed by atoms with Crippen molar-refractivity contribution in [2.24, 2.45) is 4.99 Å². The Labute approximate surface area is 166 Å². The summed E-state index contributed by atoms with van der Waals surface area (Å²) >= 11 is 1.59. The Morgan fingerprint density at radius 1 is 1.15 bits per heavy atom. The maximum Gasteiger partial charge on any atom is 0.0946 e. The first-order chi connectivity index (χ1) is 13.3. The highest BCUT2D eigenvalue weighted by Crippen LogP contribution is 2.46. The largest absolute Gasteiger partial charge is 0.289 e. The second kappa shape index (κ2) is 8.40. The van der Waals surface area contributed by atoms with Crippen molar-refractivity contribution >= 4 is 33.2 Å². The highest BCUT2D eigenvalue weighted by molar-refractivity contribution is 8.19. The first kappa shape index (κ1) is 18.4. The molecule has 3 heterocycles. The lowest BCUT2D eigenvalue weighted by Gasteiger charge is -2.18. The summed E-state index contributed by atoms with van der Waals surface area (Å²) in [6.45, 7) is 0.781. The van der Waals surface area contributed by atoms with Crippen LogP contribution in [0.4, 0.5) is 0 Å². The zero-order valence-electron chi connectivity index (χ0n) is 15.4. The Kier molecular flexibility index (Phi) is 5.74. The zero-order chi connectivity index (χ0) is 18.6. The number of nitrogens with zero attached hydrogens (tertiary/aromatic N) is 2. The van der Waals surface area contributed by atoms with Crippen LogP contribution in [0.2, 0.25) is 0 Å². The molecule has 4 rings (SSSR count). The molecule has 1 aromatic carbocycles. The average molecular weight is 398 g/mol. The van der Waals surface area contributed by atoms with Crippen LogP contribution < -0.4 is 0 Å². The smallest absolute Gasteiger partial charge is 0.0946 e. The molecule has 4 nitrogen and oxygen atoms in total. The van der Waals surface area contributed by atoms with E-state index in [1.807, 2.05) is 12.3 Å². The molecule has 0 saturated carbocycles. The van der Waals surface area contributed by atoms with Crippen LogP contribution in [0, 0.1) is 0 Å². The number of fused-ring (bicyclic) bond motifs is 1. The van der Waals surface area contributed by atoms with Crippen molar-refractivity contribution < 1.29 is 4.21 Å². The van der Waals surface area contributed by atoms with Gasteiger partial charge >= 0.3 is 0 Å². The molecular weight excluding hydrogens is 374 g/mol. The molecule has 0 amide bonds. The van der Waals surface area contributed by atoms with E-state index in [4.69, 9.17) is 4.99 Å². The number of H-pyrrole nitrogens is 1. The van der Waals surface area contributed by atoms with Gasteiger partial charge < -0.3 is 0 Å². The van der Waals surface area contributed by atoms with Gasteiger partial charge in [-0.05, 0) is 55.6 Å². The van der Waals surface area contributed by atoms with Crippen molar-refractivity contribution in [2.75, 3.05) is 12.8 Å². The summed E-state index contributed by atoms with van der Waals surface area (Å²) in [6, 6.07) is 12.5. The van der Waals surface area contributed by atoms with Crippen molar-refractivity contribution in [1.82, 2.24) is 10.2 Å². The number of unbranched alkanes of at least 4 members (excludes halogenated alkanes) is 1. The van der Waals surface area contributed by atoms with Gasteiger partial charge in [-0.2, -0.15) is 5.10 Å². The molecule has 140 valence electrons. The lowest BCUT2D eigenvalue weighted by Crippen LogP contribution is -2.13. The Hall–Kier alpha value is -1.92. The van der Waals surface area contributed by atoms with E-state index in [1.165, 1.54) is 11.1 Å². The topological polar surface area (TPSA) is 58.1 Å². The van der Waals surface area contributed by atoms with E-state index < -0.39 is 10.8 Å². The van der Waals surface area contributed by atoms with Gasteiger partial charge in [-0.15, -0.1) is 11.8 Å². The molecule has 1 N–H and O–H groups in total. The number of hydrogen-bond acceptors (Lipinski definition) is 4. The van der Waals surface area contributed by atoms with Crippen molar-refractivity contribution in [3.63, 3.8) is 0 Å². The molecule has 1 unspecified atom stereocenters. The number of rotatable bonds is 7. The van der Waals surface area contributed by atoms with Crippen molar-refractivity contribution in [3.05, 3.63) is 69.2 Å². The number of aryl methyl sites for hydroxylation is 1. The first-order valence-electron chi connectivity index (χ1n) is 9.30. The molecule has 0 fully saturated rings. The molecule has 2 aromatic rings. The van der Waals surface area contributed by atoms with Gasteiger partial charge in [0, 0.05) is 24.0 Å². The summed E-state index contributed by atoms with van der Waals surface area (Å²) in [5.74, 6) is 0. The van der Waals surface area contributed by atoms with Gasteiger partial charge in [0.15, 0.2) is 0 Å². The maximum atomic E-state index is 13.1. The van der Waals surface area contributed by atoms with E-state index in [0.29, 0.717) is 0 Å². The summed E-state index contributed by atoms with van der Waals surface area (Å²) in [6.07, 6.45) is 8.86. The van der Waals surface area contributed by atoms with Crippen LogP contribution in [0.3, 0.4) is 0 Å². The lowest BCUT2D eigenvalue weighted by molar-refractivity contribution is 0.693. The molecule has 1 aromatic heterocycles. The molecule has 0 radical (unpaired) electrons. The van der Waals surface area contributed by atoms with E-state index in [-0.39, 0.29) is 0 Å². The summed E-state index contributed by atoms with van der Waals surface area (Å²) in [5, 5.41) is 7.04. The predicted molar refractivity (Wildman–Crippen MR) is 115 cm³/mol. The fraction of sp³-hybridized carbons (Fsp3) is 0.333. The van der Waals surface area contributed by atoms with E-state index >= 15 is 0 Å². The van der Waals surface area contributed by atoms with Crippen LogP contribution in [0.15, 0.2) is 63.0 Å². The SMILES string of the molecule is CSC1=C2C(CCCCc3ccccc3)=NCCC2=C(c2ccn[nH]2)S1=O. The van der Waals surface area contributed by atoms with Gasteiger partial charge in [-0.1, -0.05) is 30.3 Å². The van der Waals surface area contributed by atoms with Gasteiger partial charge in [0.25, 0.3) is 0 Å². The Morgan fingerprint density at radius 2 is 1.96 bits per heavy atom. The van der Waals surface area contributed by atoms with Crippen LogP contribution in [0.25, 0.3) is 4.91 Å². The monoisotopic (exact) mass is 397 g/mol. The van der Waals surface area contributed by atoms with Crippen molar-refractivity contribution in [2.45, 2.75) is 32.1 Å². The quantitative estimate of drug-likeness (QED) is 0.688. The Morgan fingerprint density at radius 3 is 2.70 bits per heavy atom. The molecule has 0 spiro atoms. The molecule has 0 saturated heterocycles. The standard InChI is InChI=1S/C21H23N3OS2/c1-26-21-19-16(20(27(21)25)18-12-14-23-24-18)11-13-22-17(19)10-6-5-9-15-7-3-2-4-8-15/h2-4,7-8,12,14H,5-6,9-11,13H2,1H3,(H,23,24). The van der Waals surface area contributed by atoms with Gasteiger partial charge in [0.05, 0.1) is 25.6 Å². The number of aromatic nitrogens is 2. The fourth-order valence-corrected chi connectivity index (χ4v) is 6.39. The van der Waals surface area contributed by atoms with Crippen molar-refractivity contribution in [1.29, 1.82) is 0 Å². The minimum absolute atomic E-state index is 0.781. The number of benzene rings is 1. The number of nitrogens with one attached hydrogen (secondary N) is 1. The van der Waals surface area contributed by atoms with Crippen LogP contribution in [0.5, 0.6) is 0 Å². The number of aliphatic imine (C=N–C) groups is 1. The normalized spacial score (nSPS) is 19.4. The van der Waals surface area contributed by atoms with Gasteiger partial charge in [-0.3, -0.25) is 10.1 Å². The van der Waals surface area contributed by atoms with Crippen LogP contribution in [0.1, 0.15) is 36.9 Å². The summed E-state index contributed by atoms with van der Waals surface area (Å²) in [5.41, 5.74) is 5.74. The lowest BCUT2D eigenvalue weighted by atomic mass is 9.92. The Bertz CT molecular complexity index is 928. The van der Waals surface area contributed by atoms with Gasteiger partial charge in [-0.25, -0.2) is 4.21 Å². The van der Waals surface area contributed by atoms with E-state index in [0.717, 1.165) is 64.8 Å². The zero-order valence-corrected chi connectivity index (χ0v) is 17.0. The van der Waals surface area contributed by atoms with E-state index in [1.54, 1.807) is 18.0 Å². The third-order valence-corrected chi connectivity index (χ3v) is 7.90. The maximum absolute atomic E-state index is 13.1. The van der Waals surface area contributed by atoms with Gasteiger partial charge in [0.1, 0.15) is 0 Å². The molecular formula is C21H23N3OS2. The molecule has 2 aliphatic heterocycles. The minimum Gasteiger partial charge on any atom is -0.289 e. The summed E-state index contributed by atoms with van der Waals surface area (Å²) in [4.78, 5) is 5.72. The minimum atomic E-state index is -1.14. The van der Waals surface area contributed by atoms with Crippen LogP contribution in [-0.4, -0.2) is 32.9 Å². The molecule has 0 aliphatic carbocycles. The van der Waals surface area contributed by atoms with Crippen LogP contribution in [-0.2, 0) is 17.2 Å². The highest BCUT2D eigenvalue weighted by atomic mass is 32.2. The average Bonchev–Trinajstić information content (AvgIpc) is 3.31. The Balaban J connectivity index is 1.51. The molecule has 0 bridgehead atoms. The fourth-order valence-electron chi connectivity index (χ4n) is 3.74. The third kappa shape index (κ3) is 3.73.